The van der Waals surface area contributed by atoms with Crippen LogP contribution in [0.4, 0.5) is 5.69 Å². The summed E-state index contributed by atoms with van der Waals surface area (Å²) in [7, 11) is 0. The Kier molecular flexibility index (Phi) is 4.75. The number of carbonyl (C=O) groups is 1. The average molecular weight is 424 g/mol. The van der Waals surface area contributed by atoms with Gasteiger partial charge in [0.15, 0.2) is 10.8 Å². The summed E-state index contributed by atoms with van der Waals surface area (Å²) < 4.78 is 1.92. The largest absolute Gasteiger partial charge is 0.325 e. The van der Waals surface area contributed by atoms with E-state index in [4.69, 9.17) is 0 Å². The Morgan fingerprint density at radius 3 is 2.83 bits per heavy atom. The van der Waals surface area contributed by atoms with E-state index in [1.165, 1.54) is 35.0 Å². The molecule has 0 fully saturated rings. The van der Waals surface area contributed by atoms with Crippen molar-refractivity contribution in [1.82, 2.24) is 19.6 Å². The van der Waals surface area contributed by atoms with Gasteiger partial charge in [0.1, 0.15) is 11.2 Å². The molecule has 4 aromatic rings. The highest BCUT2D eigenvalue weighted by Gasteiger charge is 2.21. The summed E-state index contributed by atoms with van der Waals surface area (Å²) in [5.74, 6) is 0.222. The fourth-order valence-corrected chi connectivity index (χ4v) is 5.88. The van der Waals surface area contributed by atoms with Crippen LogP contribution in [0, 0.1) is 13.8 Å². The van der Waals surface area contributed by atoms with Crippen molar-refractivity contribution in [3.63, 3.8) is 0 Å². The molecule has 1 N–H and O–H groups in total. The molecule has 1 aliphatic carbocycles. The lowest BCUT2D eigenvalue weighted by atomic mass is 9.97. The molecular formula is C21H21N5OS2. The molecule has 0 unspecified atom stereocenters. The Labute approximate surface area is 176 Å². The maximum Gasteiger partial charge on any atom is 0.234 e. The van der Waals surface area contributed by atoms with Crippen LogP contribution < -0.4 is 5.32 Å². The monoisotopic (exact) mass is 423 g/mol. The first-order valence-corrected chi connectivity index (χ1v) is 11.5. The summed E-state index contributed by atoms with van der Waals surface area (Å²) in [6.45, 7) is 4.00. The maximum absolute atomic E-state index is 12.5. The second-order valence-electron chi connectivity index (χ2n) is 7.42. The number of fused-ring (bicyclic) bond motifs is 5. The van der Waals surface area contributed by atoms with Gasteiger partial charge in [-0.15, -0.1) is 21.5 Å². The molecule has 0 saturated heterocycles. The van der Waals surface area contributed by atoms with Crippen LogP contribution in [0.5, 0.6) is 0 Å². The minimum Gasteiger partial charge on any atom is -0.325 e. The minimum atomic E-state index is -0.0499. The van der Waals surface area contributed by atoms with E-state index in [0.29, 0.717) is 5.16 Å². The maximum atomic E-state index is 12.5. The number of anilines is 1. The van der Waals surface area contributed by atoms with Crippen LogP contribution in [0.1, 0.15) is 34.4 Å². The normalized spacial score (nSPS) is 13.7. The number of nitrogens with zero attached hydrogens (tertiary/aromatic N) is 4. The quantitative estimate of drug-likeness (QED) is 0.487. The summed E-state index contributed by atoms with van der Waals surface area (Å²) in [4.78, 5) is 19.6. The highest BCUT2D eigenvalue weighted by atomic mass is 32.2. The van der Waals surface area contributed by atoms with Crippen LogP contribution in [-0.4, -0.2) is 31.2 Å². The van der Waals surface area contributed by atoms with E-state index in [1.54, 1.807) is 17.7 Å². The third kappa shape index (κ3) is 3.30. The van der Waals surface area contributed by atoms with Gasteiger partial charge in [0.25, 0.3) is 0 Å². The zero-order chi connectivity index (χ0) is 20.0. The first-order valence-electron chi connectivity index (χ1n) is 9.74. The van der Waals surface area contributed by atoms with Gasteiger partial charge in [0, 0.05) is 10.6 Å². The summed E-state index contributed by atoms with van der Waals surface area (Å²) in [5.41, 5.74) is 5.26. The molecule has 148 valence electrons. The number of aryl methyl sites for hydroxylation is 4. The highest BCUT2D eigenvalue weighted by molar-refractivity contribution is 7.99. The number of carbonyl (C=O) groups excluding carboxylic acids is 1. The van der Waals surface area contributed by atoms with Crippen LogP contribution in [0.25, 0.3) is 15.9 Å². The van der Waals surface area contributed by atoms with E-state index < -0.39 is 0 Å². The van der Waals surface area contributed by atoms with Crippen molar-refractivity contribution < 1.29 is 4.79 Å². The summed E-state index contributed by atoms with van der Waals surface area (Å²) in [6, 6.07) is 5.99. The molecule has 8 heteroatoms. The third-order valence-corrected chi connectivity index (χ3v) is 7.55. The van der Waals surface area contributed by atoms with Gasteiger partial charge in [0.2, 0.25) is 5.91 Å². The lowest BCUT2D eigenvalue weighted by Gasteiger charge is -2.11. The number of hydrogen-bond acceptors (Lipinski definition) is 6. The smallest absolute Gasteiger partial charge is 0.234 e. The molecule has 1 amide bonds. The zero-order valence-electron chi connectivity index (χ0n) is 16.4. The number of thiophene rings is 1. The number of rotatable bonds is 4. The van der Waals surface area contributed by atoms with Crippen molar-refractivity contribution >= 4 is 50.6 Å². The molecule has 29 heavy (non-hydrogen) atoms. The van der Waals surface area contributed by atoms with Gasteiger partial charge in [-0.1, -0.05) is 30.0 Å². The Hall–Kier alpha value is -2.45. The van der Waals surface area contributed by atoms with Crippen LogP contribution in [0.2, 0.25) is 0 Å². The van der Waals surface area contributed by atoms with E-state index in [1.807, 2.05) is 36.4 Å². The molecule has 5 rings (SSSR count). The highest BCUT2D eigenvalue weighted by Crippen LogP contribution is 2.37. The fraction of sp³-hybridized carbons (Fsp3) is 0.333. The Morgan fingerprint density at radius 2 is 2.00 bits per heavy atom. The number of thioether (sulfide) groups is 1. The van der Waals surface area contributed by atoms with Gasteiger partial charge in [-0.3, -0.25) is 9.20 Å². The number of benzene rings is 1. The van der Waals surface area contributed by atoms with E-state index in [9.17, 15) is 4.79 Å². The molecule has 6 nitrogen and oxygen atoms in total. The molecular weight excluding hydrogens is 402 g/mol. The SMILES string of the molecule is Cc1cccc(C)c1NC(=O)CSc1nnc2c3c4c(sc3ncn12)CCCC4. The molecule has 0 atom stereocenters. The second kappa shape index (κ2) is 7.42. The van der Waals surface area contributed by atoms with E-state index in [2.05, 4.69) is 20.5 Å². The summed E-state index contributed by atoms with van der Waals surface area (Å²) in [5, 5.41) is 13.7. The van der Waals surface area contributed by atoms with Gasteiger partial charge in [0.05, 0.1) is 11.1 Å². The molecule has 1 aliphatic rings. The molecule has 0 saturated carbocycles. The van der Waals surface area contributed by atoms with E-state index in [-0.39, 0.29) is 11.7 Å². The molecule has 0 bridgehead atoms. The number of hydrogen-bond donors (Lipinski definition) is 1. The molecule has 0 radical (unpaired) electrons. The third-order valence-electron chi connectivity index (χ3n) is 5.41. The number of nitrogens with one attached hydrogen (secondary N) is 1. The summed E-state index contributed by atoms with van der Waals surface area (Å²) in [6.07, 6.45) is 6.47. The van der Waals surface area contributed by atoms with Gasteiger partial charge >= 0.3 is 0 Å². The number of para-hydroxylation sites is 1. The van der Waals surface area contributed by atoms with Crippen molar-refractivity contribution in [1.29, 1.82) is 0 Å². The Balaban J connectivity index is 1.39. The van der Waals surface area contributed by atoms with E-state index >= 15 is 0 Å². The van der Waals surface area contributed by atoms with E-state index in [0.717, 1.165) is 45.5 Å². The van der Waals surface area contributed by atoms with Crippen molar-refractivity contribution in [2.24, 2.45) is 0 Å². The van der Waals surface area contributed by atoms with Gasteiger partial charge < -0.3 is 5.32 Å². The lowest BCUT2D eigenvalue weighted by Crippen LogP contribution is -2.16. The predicted molar refractivity (Wildman–Crippen MR) is 118 cm³/mol. The van der Waals surface area contributed by atoms with Gasteiger partial charge in [-0.2, -0.15) is 0 Å². The molecule has 0 aliphatic heterocycles. The number of amides is 1. The molecule has 1 aromatic carbocycles. The first kappa shape index (κ1) is 18.6. The molecule has 3 heterocycles. The first-order chi connectivity index (χ1) is 14.1. The molecule has 3 aromatic heterocycles. The van der Waals surface area contributed by atoms with Crippen molar-refractivity contribution in [3.05, 3.63) is 46.1 Å². The summed E-state index contributed by atoms with van der Waals surface area (Å²) >= 11 is 3.17. The van der Waals surface area contributed by atoms with Crippen molar-refractivity contribution in [2.45, 2.75) is 44.7 Å². The van der Waals surface area contributed by atoms with Crippen molar-refractivity contribution in [3.8, 4) is 0 Å². The topological polar surface area (TPSA) is 72.2 Å². The Morgan fingerprint density at radius 1 is 1.21 bits per heavy atom. The average Bonchev–Trinajstić information content (AvgIpc) is 3.30. The predicted octanol–water partition coefficient (Wildman–Crippen LogP) is 4.57. The van der Waals surface area contributed by atoms with Crippen LogP contribution in [0.15, 0.2) is 29.7 Å². The molecule has 0 spiro atoms. The van der Waals surface area contributed by atoms with Crippen LogP contribution in [-0.2, 0) is 17.6 Å². The fourth-order valence-electron chi connectivity index (χ4n) is 3.95. The minimum absolute atomic E-state index is 0.0499. The zero-order valence-corrected chi connectivity index (χ0v) is 18.0. The standard InChI is InChI=1S/C21H21N5OS2/c1-12-6-5-7-13(2)18(12)23-16(27)10-28-21-25-24-19-17-14-8-3-4-9-15(14)29-20(17)22-11-26(19)21/h5-7,11H,3-4,8-10H2,1-2H3,(H,23,27). The van der Waals surface area contributed by atoms with Gasteiger partial charge in [-0.25, -0.2) is 4.98 Å². The van der Waals surface area contributed by atoms with Gasteiger partial charge in [-0.05, 0) is 56.2 Å². The van der Waals surface area contributed by atoms with Crippen molar-refractivity contribution in [2.75, 3.05) is 11.1 Å². The Bertz CT molecular complexity index is 1220. The lowest BCUT2D eigenvalue weighted by molar-refractivity contribution is -0.113. The second-order valence-corrected chi connectivity index (χ2v) is 9.44. The van der Waals surface area contributed by atoms with Crippen LogP contribution in [0.3, 0.4) is 0 Å². The van der Waals surface area contributed by atoms with Crippen LogP contribution >= 0.6 is 23.1 Å². The number of aromatic nitrogens is 4.